The third kappa shape index (κ3) is 2.55. The number of carbonyl (C=O) groups excluding carboxylic acids is 1. The standard InChI is InChI=1S/C12H15FN2O2/c13-9-5-8(1-2-10(9)14)11(17)15-6-12(7-16)3-4-12/h1-2,5,16H,3-4,6-7,14H2,(H,15,17). The highest BCUT2D eigenvalue weighted by atomic mass is 19.1. The molecule has 4 N–H and O–H groups in total. The summed E-state index contributed by atoms with van der Waals surface area (Å²) in [5.41, 5.74) is 5.44. The molecule has 1 fully saturated rings. The van der Waals surface area contributed by atoms with E-state index in [0.29, 0.717) is 6.54 Å². The van der Waals surface area contributed by atoms with Crippen LogP contribution in [0, 0.1) is 11.2 Å². The number of carbonyl (C=O) groups is 1. The molecule has 17 heavy (non-hydrogen) atoms. The van der Waals surface area contributed by atoms with Crippen LogP contribution in [0.2, 0.25) is 0 Å². The van der Waals surface area contributed by atoms with Crippen LogP contribution < -0.4 is 11.1 Å². The number of amides is 1. The van der Waals surface area contributed by atoms with Gasteiger partial charge < -0.3 is 16.2 Å². The van der Waals surface area contributed by atoms with Gasteiger partial charge in [0.05, 0.1) is 12.3 Å². The Bertz CT molecular complexity index is 444. The van der Waals surface area contributed by atoms with Crippen LogP contribution in [0.4, 0.5) is 10.1 Å². The zero-order valence-corrected chi connectivity index (χ0v) is 9.37. The number of nitrogens with one attached hydrogen (secondary N) is 1. The van der Waals surface area contributed by atoms with Crippen LogP contribution in [0.15, 0.2) is 18.2 Å². The van der Waals surface area contributed by atoms with Crippen LogP contribution >= 0.6 is 0 Å². The van der Waals surface area contributed by atoms with E-state index in [2.05, 4.69) is 5.32 Å². The fourth-order valence-electron chi connectivity index (χ4n) is 1.61. The smallest absolute Gasteiger partial charge is 0.251 e. The summed E-state index contributed by atoms with van der Waals surface area (Å²) < 4.78 is 13.1. The van der Waals surface area contributed by atoms with E-state index in [-0.39, 0.29) is 29.2 Å². The number of anilines is 1. The summed E-state index contributed by atoms with van der Waals surface area (Å²) in [6.07, 6.45) is 1.83. The summed E-state index contributed by atoms with van der Waals surface area (Å²) in [4.78, 5) is 11.7. The first-order valence-corrected chi connectivity index (χ1v) is 5.50. The van der Waals surface area contributed by atoms with Crippen LogP contribution in [-0.4, -0.2) is 24.2 Å². The van der Waals surface area contributed by atoms with E-state index in [1.807, 2.05) is 0 Å². The molecule has 0 saturated heterocycles. The van der Waals surface area contributed by atoms with Gasteiger partial charge in [0.2, 0.25) is 0 Å². The Balaban J connectivity index is 1.97. The fraction of sp³-hybridized carbons (Fsp3) is 0.417. The number of aliphatic hydroxyl groups excluding tert-OH is 1. The molecule has 0 bridgehead atoms. The van der Waals surface area contributed by atoms with Crippen molar-refractivity contribution in [1.29, 1.82) is 0 Å². The number of hydrogen-bond donors (Lipinski definition) is 3. The zero-order chi connectivity index (χ0) is 12.5. The van der Waals surface area contributed by atoms with Crippen molar-refractivity contribution in [3.05, 3.63) is 29.6 Å². The van der Waals surface area contributed by atoms with E-state index < -0.39 is 5.82 Å². The van der Waals surface area contributed by atoms with Gasteiger partial charge in [-0.25, -0.2) is 4.39 Å². The Kier molecular flexibility index (Phi) is 3.02. The normalized spacial score (nSPS) is 16.6. The highest BCUT2D eigenvalue weighted by molar-refractivity contribution is 5.94. The van der Waals surface area contributed by atoms with Crippen molar-refractivity contribution in [2.75, 3.05) is 18.9 Å². The lowest BCUT2D eigenvalue weighted by Crippen LogP contribution is -2.31. The van der Waals surface area contributed by atoms with Crippen molar-refractivity contribution in [3.63, 3.8) is 0 Å². The van der Waals surface area contributed by atoms with Crippen molar-refractivity contribution < 1.29 is 14.3 Å². The summed E-state index contributed by atoms with van der Waals surface area (Å²) in [6, 6.07) is 3.96. The van der Waals surface area contributed by atoms with Crippen LogP contribution in [0.1, 0.15) is 23.2 Å². The molecular formula is C12H15FN2O2. The number of rotatable bonds is 4. The average Bonchev–Trinajstić information content (AvgIpc) is 3.10. The first-order chi connectivity index (χ1) is 8.06. The van der Waals surface area contributed by atoms with Gasteiger partial charge in [0.1, 0.15) is 5.82 Å². The monoisotopic (exact) mass is 238 g/mol. The minimum atomic E-state index is -0.596. The molecule has 0 spiro atoms. The molecule has 0 radical (unpaired) electrons. The molecule has 0 aromatic heterocycles. The second-order valence-corrected chi connectivity index (χ2v) is 4.58. The maximum atomic E-state index is 13.1. The van der Waals surface area contributed by atoms with Gasteiger partial charge in [-0.3, -0.25) is 4.79 Å². The van der Waals surface area contributed by atoms with Crippen molar-refractivity contribution in [2.45, 2.75) is 12.8 Å². The second-order valence-electron chi connectivity index (χ2n) is 4.58. The largest absolute Gasteiger partial charge is 0.396 e. The minimum absolute atomic E-state index is 0.0237. The SMILES string of the molecule is Nc1ccc(C(=O)NCC2(CO)CC2)cc1F. The predicted molar refractivity (Wildman–Crippen MR) is 61.9 cm³/mol. The molecule has 5 heteroatoms. The first-order valence-electron chi connectivity index (χ1n) is 5.50. The Morgan fingerprint density at radius 1 is 1.53 bits per heavy atom. The van der Waals surface area contributed by atoms with Crippen molar-refractivity contribution in [2.24, 2.45) is 5.41 Å². The number of benzene rings is 1. The molecule has 1 saturated carbocycles. The summed E-state index contributed by atoms with van der Waals surface area (Å²) in [7, 11) is 0. The molecule has 1 aliphatic carbocycles. The van der Waals surface area contributed by atoms with Crippen LogP contribution in [0.3, 0.4) is 0 Å². The lowest BCUT2D eigenvalue weighted by Gasteiger charge is -2.12. The molecular weight excluding hydrogens is 223 g/mol. The fourth-order valence-corrected chi connectivity index (χ4v) is 1.61. The van der Waals surface area contributed by atoms with Crippen molar-refractivity contribution >= 4 is 11.6 Å². The van der Waals surface area contributed by atoms with E-state index in [1.54, 1.807) is 0 Å². The molecule has 2 rings (SSSR count). The topological polar surface area (TPSA) is 75.4 Å². The van der Waals surface area contributed by atoms with E-state index in [4.69, 9.17) is 10.8 Å². The van der Waals surface area contributed by atoms with Crippen molar-refractivity contribution in [3.8, 4) is 0 Å². The number of aliphatic hydroxyl groups is 1. The quantitative estimate of drug-likeness (QED) is 0.682. The Labute approximate surface area is 98.6 Å². The Hall–Kier alpha value is -1.62. The number of hydrogen-bond acceptors (Lipinski definition) is 3. The number of nitrogen functional groups attached to an aromatic ring is 1. The maximum absolute atomic E-state index is 13.1. The Morgan fingerprint density at radius 2 is 2.24 bits per heavy atom. The molecule has 92 valence electrons. The molecule has 0 heterocycles. The molecule has 0 aliphatic heterocycles. The predicted octanol–water partition coefficient (Wildman–Crippen LogP) is 0.910. The number of halogens is 1. The summed E-state index contributed by atoms with van der Waals surface area (Å²) in [5, 5.41) is 11.8. The van der Waals surface area contributed by atoms with Gasteiger partial charge in [0.15, 0.2) is 0 Å². The zero-order valence-electron chi connectivity index (χ0n) is 9.37. The lowest BCUT2D eigenvalue weighted by atomic mass is 10.1. The van der Waals surface area contributed by atoms with Gasteiger partial charge in [-0.05, 0) is 31.0 Å². The van der Waals surface area contributed by atoms with Gasteiger partial charge in [-0.15, -0.1) is 0 Å². The van der Waals surface area contributed by atoms with Gasteiger partial charge in [0, 0.05) is 17.5 Å². The third-order valence-electron chi connectivity index (χ3n) is 3.18. The summed E-state index contributed by atoms with van der Waals surface area (Å²) >= 11 is 0. The third-order valence-corrected chi connectivity index (χ3v) is 3.18. The Morgan fingerprint density at radius 3 is 2.76 bits per heavy atom. The average molecular weight is 238 g/mol. The highest BCUT2D eigenvalue weighted by Crippen LogP contribution is 2.44. The van der Waals surface area contributed by atoms with E-state index in [1.165, 1.54) is 12.1 Å². The molecule has 1 aliphatic rings. The summed E-state index contributed by atoms with van der Waals surface area (Å²) in [6.45, 7) is 0.498. The second kappa shape index (κ2) is 4.33. The van der Waals surface area contributed by atoms with E-state index in [0.717, 1.165) is 18.9 Å². The van der Waals surface area contributed by atoms with Gasteiger partial charge in [-0.1, -0.05) is 0 Å². The van der Waals surface area contributed by atoms with Crippen LogP contribution in [0.5, 0.6) is 0 Å². The first kappa shape index (κ1) is 11.9. The number of nitrogens with two attached hydrogens (primary N) is 1. The van der Waals surface area contributed by atoms with Gasteiger partial charge in [-0.2, -0.15) is 0 Å². The van der Waals surface area contributed by atoms with E-state index in [9.17, 15) is 9.18 Å². The lowest BCUT2D eigenvalue weighted by molar-refractivity contribution is 0.0935. The van der Waals surface area contributed by atoms with E-state index >= 15 is 0 Å². The molecule has 1 aromatic rings. The molecule has 4 nitrogen and oxygen atoms in total. The van der Waals surface area contributed by atoms with Crippen LogP contribution in [-0.2, 0) is 0 Å². The minimum Gasteiger partial charge on any atom is -0.396 e. The highest BCUT2D eigenvalue weighted by Gasteiger charge is 2.42. The maximum Gasteiger partial charge on any atom is 0.251 e. The van der Waals surface area contributed by atoms with Gasteiger partial charge >= 0.3 is 0 Å². The van der Waals surface area contributed by atoms with Gasteiger partial charge in [0.25, 0.3) is 5.91 Å². The van der Waals surface area contributed by atoms with Crippen molar-refractivity contribution in [1.82, 2.24) is 5.32 Å². The molecule has 1 amide bonds. The summed E-state index contributed by atoms with van der Waals surface area (Å²) in [5.74, 6) is -0.940. The molecule has 0 atom stereocenters. The molecule has 0 unspecified atom stereocenters. The molecule has 1 aromatic carbocycles. The van der Waals surface area contributed by atoms with Crippen LogP contribution in [0.25, 0.3) is 0 Å².